The second kappa shape index (κ2) is 9.96. The van der Waals surface area contributed by atoms with Crippen molar-refractivity contribution < 1.29 is 31.2 Å². The van der Waals surface area contributed by atoms with Crippen molar-refractivity contribution in [2.75, 3.05) is 27.3 Å². The quantitative estimate of drug-likeness (QED) is 0.533. The van der Waals surface area contributed by atoms with Gasteiger partial charge in [-0.1, -0.05) is 29.5 Å². The first kappa shape index (κ1) is 22.1. The minimum atomic E-state index is 0. The Morgan fingerprint density at radius 3 is 2.53 bits per heavy atom. The molecule has 0 aliphatic carbocycles. The van der Waals surface area contributed by atoms with Crippen molar-refractivity contribution in [3.63, 3.8) is 0 Å². The molecule has 7 heteroatoms. The maximum absolute atomic E-state index is 12.8. The topological polar surface area (TPSA) is 42.7 Å². The lowest BCUT2D eigenvalue weighted by atomic mass is 10.2. The van der Waals surface area contributed by atoms with Crippen LogP contribution in [0.3, 0.4) is 0 Å². The van der Waals surface area contributed by atoms with E-state index in [1.54, 1.807) is 25.6 Å². The van der Waals surface area contributed by atoms with E-state index in [9.17, 15) is 4.79 Å². The predicted octanol–water partition coefficient (Wildman–Crippen LogP) is 1.00. The molecule has 0 saturated carbocycles. The van der Waals surface area contributed by atoms with Gasteiger partial charge in [0.25, 0.3) is 10.9 Å². The molecule has 1 fully saturated rings. The number of likely N-dealkylation sites (tertiary alicyclic amines) is 1. The molecule has 0 radical (unpaired) electrons. The maximum atomic E-state index is 12.8. The summed E-state index contributed by atoms with van der Waals surface area (Å²) in [6, 6.07) is 14.1. The van der Waals surface area contributed by atoms with Gasteiger partial charge in [-0.25, -0.2) is 0 Å². The fourth-order valence-corrected chi connectivity index (χ4v) is 4.73. The zero-order valence-corrected chi connectivity index (χ0v) is 18.7. The van der Waals surface area contributed by atoms with Crippen molar-refractivity contribution in [1.29, 1.82) is 0 Å². The molecule has 0 bridgehead atoms. The molecule has 0 N–H and O–H groups in total. The normalized spacial score (nSPS) is 13.6. The molecule has 4 rings (SSSR count). The highest BCUT2D eigenvalue weighted by Crippen LogP contribution is 2.29. The van der Waals surface area contributed by atoms with E-state index < -0.39 is 0 Å². The van der Waals surface area contributed by atoms with E-state index in [1.807, 2.05) is 41.3 Å². The summed E-state index contributed by atoms with van der Waals surface area (Å²) in [6.45, 7) is 2.12. The van der Waals surface area contributed by atoms with Crippen LogP contribution in [0.5, 0.6) is 11.5 Å². The summed E-state index contributed by atoms with van der Waals surface area (Å²) in [6.07, 6.45) is 6.33. The minimum Gasteiger partial charge on any atom is -1.00 e. The van der Waals surface area contributed by atoms with E-state index in [-0.39, 0.29) is 18.3 Å². The second-order valence-corrected chi connectivity index (χ2v) is 8.09. The highest BCUT2D eigenvalue weighted by Gasteiger charge is 2.26. The number of hydrogen-bond acceptors (Lipinski definition) is 4. The lowest BCUT2D eigenvalue weighted by molar-refractivity contribution is -0.656. The van der Waals surface area contributed by atoms with Gasteiger partial charge in [-0.15, -0.1) is 0 Å². The van der Waals surface area contributed by atoms with Gasteiger partial charge in [-0.2, -0.15) is 4.57 Å². The summed E-state index contributed by atoms with van der Waals surface area (Å²) >= 11 is 1.69. The van der Waals surface area contributed by atoms with Crippen molar-refractivity contribution >= 4 is 39.6 Å². The number of thiazole rings is 1. The molecule has 0 spiro atoms. The third kappa shape index (κ3) is 4.60. The van der Waals surface area contributed by atoms with Gasteiger partial charge < -0.3 is 26.8 Å². The summed E-state index contributed by atoms with van der Waals surface area (Å²) in [5, 5.41) is 1.05. The number of methoxy groups -OCH3 is 2. The number of rotatable bonds is 6. The zero-order valence-electron chi connectivity index (χ0n) is 17.1. The van der Waals surface area contributed by atoms with Crippen molar-refractivity contribution in [1.82, 2.24) is 4.90 Å². The molecule has 1 amide bonds. The largest absolute Gasteiger partial charge is 1.00 e. The Bertz CT molecular complexity index is 1060. The third-order valence-corrected chi connectivity index (χ3v) is 6.35. The van der Waals surface area contributed by atoms with Crippen LogP contribution in [0.4, 0.5) is 0 Å². The van der Waals surface area contributed by atoms with E-state index in [0.29, 0.717) is 18.0 Å². The van der Waals surface area contributed by atoms with Gasteiger partial charge in [0.1, 0.15) is 4.70 Å². The Hall–Kier alpha value is -2.57. The number of carbonyl (C=O) groups is 1. The minimum absolute atomic E-state index is 0. The molecule has 2 heterocycles. The fourth-order valence-electron chi connectivity index (χ4n) is 3.67. The first-order valence-electron chi connectivity index (χ1n) is 9.79. The first-order valence-corrected chi connectivity index (χ1v) is 10.6. The highest BCUT2D eigenvalue weighted by atomic mass is 35.5. The SMILES string of the molecule is COc1ccc(C=Cc2sc3ccccc3[n+]2CC(=O)N2CCCC2)cc1OC.[Cl-]. The molecule has 3 aromatic rings. The summed E-state index contributed by atoms with van der Waals surface area (Å²) in [5.41, 5.74) is 2.11. The van der Waals surface area contributed by atoms with Gasteiger partial charge in [0.2, 0.25) is 12.1 Å². The smallest absolute Gasteiger partial charge is 0.288 e. The van der Waals surface area contributed by atoms with Gasteiger partial charge in [-0.05, 0) is 42.7 Å². The Morgan fingerprint density at radius 2 is 1.80 bits per heavy atom. The molecule has 30 heavy (non-hydrogen) atoms. The second-order valence-electron chi connectivity index (χ2n) is 7.03. The summed E-state index contributed by atoms with van der Waals surface area (Å²) in [7, 11) is 3.26. The number of para-hydroxylation sites is 1. The van der Waals surface area contributed by atoms with Gasteiger partial charge in [0.05, 0.1) is 14.2 Å². The number of nitrogens with zero attached hydrogens (tertiary/aromatic N) is 2. The van der Waals surface area contributed by atoms with Crippen LogP contribution in [-0.4, -0.2) is 38.1 Å². The molecule has 1 saturated heterocycles. The standard InChI is InChI=1S/C23H25N2O3S.ClH/c1-27-19-11-9-17(15-20(19)28-2)10-12-23-25(16-22(26)24-13-5-6-14-24)18-7-3-4-8-21(18)29-23;/h3-4,7-12,15H,5-6,13-14,16H2,1-2H3;1H/q+1;/p-1. The van der Waals surface area contributed by atoms with Crippen LogP contribution in [0, 0.1) is 0 Å². The lowest BCUT2D eigenvalue weighted by Gasteiger charge is -2.12. The zero-order chi connectivity index (χ0) is 20.2. The number of carbonyl (C=O) groups excluding carboxylic acids is 1. The van der Waals surface area contributed by atoms with Gasteiger partial charge in [0.15, 0.2) is 11.5 Å². The van der Waals surface area contributed by atoms with Crippen LogP contribution in [0.15, 0.2) is 42.5 Å². The number of fused-ring (bicyclic) bond motifs is 1. The average Bonchev–Trinajstić information content (AvgIpc) is 3.41. The van der Waals surface area contributed by atoms with Crippen molar-refractivity contribution in [3.05, 3.63) is 53.0 Å². The molecule has 158 valence electrons. The number of aromatic nitrogens is 1. The molecular weight excluding hydrogens is 420 g/mol. The summed E-state index contributed by atoms with van der Waals surface area (Å²) in [4.78, 5) is 14.8. The average molecular weight is 445 g/mol. The Kier molecular flexibility index (Phi) is 7.34. The molecule has 1 aliphatic rings. The molecule has 1 aliphatic heterocycles. The van der Waals surface area contributed by atoms with E-state index >= 15 is 0 Å². The lowest BCUT2D eigenvalue weighted by Crippen LogP contribution is -3.00. The molecule has 2 aromatic carbocycles. The number of ether oxygens (including phenoxy) is 2. The van der Waals surface area contributed by atoms with Crippen LogP contribution in [0.25, 0.3) is 22.4 Å². The van der Waals surface area contributed by atoms with E-state index in [4.69, 9.17) is 9.47 Å². The number of hydrogen-bond donors (Lipinski definition) is 0. The van der Waals surface area contributed by atoms with E-state index in [2.05, 4.69) is 22.8 Å². The van der Waals surface area contributed by atoms with Crippen molar-refractivity contribution in [2.45, 2.75) is 19.4 Å². The fraction of sp³-hybridized carbons (Fsp3) is 0.304. The van der Waals surface area contributed by atoms with Crippen LogP contribution >= 0.6 is 11.3 Å². The molecule has 0 atom stereocenters. The van der Waals surface area contributed by atoms with E-state index in [1.165, 1.54) is 4.70 Å². The first-order chi connectivity index (χ1) is 14.2. The maximum Gasteiger partial charge on any atom is 0.288 e. The van der Waals surface area contributed by atoms with Gasteiger partial charge in [0, 0.05) is 25.2 Å². The molecule has 0 unspecified atom stereocenters. The number of halogens is 1. The molecular formula is C23H25ClN2O3S. The highest BCUT2D eigenvalue weighted by molar-refractivity contribution is 7.18. The Labute approximate surface area is 186 Å². The monoisotopic (exact) mass is 444 g/mol. The Morgan fingerprint density at radius 1 is 1.07 bits per heavy atom. The third-order valence-electron chi connectivity index (χ3n) is 5.21. The predicted molar refractivity (Wildman–Crippen MR) is 116 cm³/mol. The number of benzene rings is 2. The van der Waals surface area contributed by atoms with Crippen LogP contribution in [0.1, 0.15) is 23.4 Å². The number of amides is 1. The summed E-state index contributed by atoms with van der Waals surface area (Å²) in [5.74, 6) is 1.60. The Balaban J connectivity index is 0.00000256. The molecule has 5 nitrogen and oxygen atoms in total. The van der Waals surface area contributed by atoms with Crippen LogP contribution in [0.2, 0.25) is 0 Å². The summed E-state index contributed by atoms with van der Waals surface area (Å²) < 4.78 is 14.0. The molecule has 1 aromatic heterocycles. The van der Waals surface area contributed by atoms with Crippen LogP contribution < -0.4 is 26.4 Å². The van der Waals surface area contributed by atoms with Gasteiger partial charge in [-0.3, -0.25) is 4.79 Å². The van der Waals surface area contributed by atoms with Gasteiger partial charge >= 0.3 is 0 Å². The van der Waals surface area contributed by atoms with Crippen molar-refractivity contribution in [2.24, 2.45) is 0 Å². The van der Waals surface area contributed by atoms with E-state index in [0.717, 1.165) is 42.0 Å². The van der Waals surface area contributed by atoms with Crippen LogP contribution in [-0.2, 0) is 11.3 Å². The van der Waals surface area contributed by atoms with Crippen molar-refractivity contribution in [3.8, 4) is 11.5 Å².